The maximum Gasteiger partial charge on any atom is 0.00761 e. The minimum absolute atomic E-state index is 0.439. The van der Waals surface area contributed by atoms with Gasteiger partial charge in [0.25, 0.3) is 0 Å². The van der Waals surface area contributed by atoms with Crippen molar-refractivity contribution >= 4 is 0 Å². The molecule has 0 aromatic rings. The molecule has 1 atom stereocenters. The summed E-state index contributed by atoms with van der Waals surface area (Å²) in [6.07, 6.45) is 7.30. The van der Waals surface area contributed by atoms with E-state index in [0.717, 1.165) is 6.42 Å². The molecule has 1 unspecified atom stereocenters. The SMILES string of the molecule is CC(C)C=C1CCCC(N)C1. The molecule has 1 aliphatic carbocycles. The highest BCUT2D eigenvalue weighted by Gasteiger charge is 2.12. The van der Waals surface area contributed by atoms with Gasteiger partial charge in [-0.3, -0.25) is 0 Å². The molecule has 2 N–H and O–H groups in total. The molecule has 1 aliphatic rings. The molecule has 0 amide bonds. The van der Waals surface area contributed by atoms with Crippen LogP contribution in [0.4, 0.5) is 0 Å². The smallest absolute Gasteiger partial charge is 0.00761 e. The van der Waals surface area contributed by atoms with Crippen molar-refractivity contribution in [2.24, 2.45) is 11.7 Å². The summed E-state index contributed by atoms with van der Waals surface area (Å²) in [5, 5.41) is 0. The highest BCUT2D eigenvalue weighted by atomic mass is 14.6. The zero-order valence-corrected chi connectivity index (χ0v) is 7.64. The molecule has 0 radical (unpaired) electrons. The fraction of sp³-hybridized carbons (Fsp3) is 0.800. The summed E-state index contributed by atoms with van der Waals surface area (Å²) in [4.78, 5) is 0. The third kappa shape index (κ3) is 3.06. The van der Waals surface area contributed by atoms with Crippen LogP contribution >= 0.6 is 0 Å². The van der Waals surface area contributed by atoms with Gasteiger partial charge in [0.1, 0.15) is 0 Å². The molecule has 11 heavy (non-hydrogen) atoms. The first-order valence-electron chi connectivity index (χ1n) is 4.63. The van der Waals surface area contributed by atoms with Gasteiger partial charge in [-0.25, -0.2) is 0 Å². The van der Waals surface area contributed by atoms with E-state index in [-0.39, 0.29) is 0 Å². The molecule has 0 bridgehead atoms. The van der Waals surface area contributed by atoms with E-state index in [1.807, 2.05) is 0 Å². The van der Waals surface area contributed by atoms with Crippen molar-refractivity contribution in [1.29, 1.82) is 0 Å². The lowest BCUT2D eigenvalue weighted by Crippen LogP contribution is -2.23. The molecule has 1 nitrogen and oxygen atoms in total. The molecule has 1 rings (SSSR count). The average molecular weight is 153 g/mol. The normalized spacial score (nSPS) is 29.8. The molecule has 64 valence electrons. The number of hydrogen-bond donors (Lipinski definition) is 1. The molecule has 1 saturated carbocycles. The zero-order chi connectivity index (χ0) is 8.27. The molecule has 1 fully saturated rings. The summed E-state index contributed by atoms with van der Waals surface area (Å²) in [5.74, 6) is 0.690. The molecule has 1 heteroatoms. The third-order valence-electron chi connectivity index (χ3n) is 2.17. The van der Waals surface area contributed by atoms with Crippen LogP contribution in [0, 0.1) is 5.92 Å². The van der Waals surface area contributed by atoms with E-state index in [9.17, 15) is 0 Å². The summed E-state index contributed by atoms with van der Waals surface area (Å²) in [6, 6.07) is 0.439. The van der Waals surface area contributed by atoms with E-state index in [1.54, 1.807) is 5.57 Å². The Bertz CT molecular complexity index is 147. The predicted octanol–water partition coefficient (Wildman–Crippen LogP) is 2.47. The highest BCUT2D eigenvalue weighted by molar-refractivity contribution is 5.07. The standard InChI is InChI=1S/C10H19N/c1-8(2)6-9-4-3-5-10(11)7-9/h6,8,10H,3-5,7,11H2,1-2H3. The quantitative estimate of drug-likeness (QED) is 0.575. The van der Waals surface area contributed by atoms with Crippen molar-refractivity contribution in [3.8, 4) is 0 Å². The van der Waals surface area contributed by atoms with Gasteiger partial charge >= 0.3 is 0 Å². The van der Waals surface area contributed by atoms with E-state index in [4.69, 9.17) is 5.73 Å². The Hall–Kier alpha value is -0.300. The van der Waals surface area contributed by atoms with Crippen molar-refractivity contribution in [1.82, 2.24) is 0 Å². The van der Waals surface area contributed by atoms with Gasteiger partial charge in [-0.2, -0.15) is 0 Å². The largest absolute Gasteiger partial charge is 0.327 e. The molecule has 0 heterocycles. The Labute approximate surface area is 69.7 Å². The first-order chi connectivity index (χ1) is 5.18. The third-order valence-corrected chi connectivity index (χ3v) is 2.17. The molecular weight excluding hydrogens is 134 g/mol. The van der Waals surface area contributed by atoms with Crippen LogP contribution < -0.4 is 5.73 Å². The summed E-state index contributed by atoms with van der Waals surface area (Å²) >= 11 is 0. The van der Waals surface area contributed by atoms with Crippen LogP contribution in [0.1, 0.15) is 39.5 Å². The summed E-state index contributed by atoms with van der Waals surface area (Å²) in [6.45, 7) is 4.46. The summed E-state index contributed by atoms with van der Waals surface area (Å²) in [5.41, 5.74) is 7.44. The molecule has 0 aliphatic heterocycles. The summed E-state index contributed by atoms with van der Waals surface area (Å²) < 4.78 is 0. The minimum Gasteiger partial charge on any atom is -0.327 e. The van der Waals surface area contributed by atoms with Crippen molar-refractivity contribution in [3.05, 3.63) is 11.6 Å². The lowest BCUT2D eigenvalue weighted by molar-refractivity contribution is 0.513. The van der Waals surface area contributed by atoms with Crippen LogP contribution in [0.2, 0.25) is 0 Å². The predicted molar refractivity (Wildman–Crippen MR) is 49.4 cm³/mol. The molecule has 0 aromatic carbocycles. The van der Waals surface area contributed by atoms with Crippen molar-refractivity contribution in [2.75, 3.05) is 0 Å². The van der Waals surface area contributed by atoms with Gasteiger partial charge in [0, 0.05) is 6.04 Å². The van der Waals surface area contributed by atoms with Crippen molar-refractivity contribution in [3.63, 3.8) is 0 Å². The van der Waals surface area contributed by atoms with Crippen molar-refractivity contribution in [2.45, 2.75) is 45.6 Å². The van der Waals surface area contributed by atoms with Crippen LogP contribution in [0.3, 0.4) is 0 Å². The van der Waals surface area contributed by atoms with Crippen LogP contribution in [-0.2, 0) is 0 Å². The lowest BCUT2D eigenvalue weighted by atomic mass is 9.89. The van der Waals surface area contributed by atoms with Gasteiger partial charge in [-0.05, 0) is 31.6 Å². The minimum atomic E-state index is 0.439. The fourth-order valence-electron chi connectivity index (χ4n) is 1.75. The van der Waals surface area contributed by atoms with Gasteiger partial charge in [-0.1, -0.05) is 25.5 Å². The zero-order valence-electron chi connectivity index (χ0n) is 7.64. The van der Waals surface area contributed by atoms with E-state index in [0.29, 0.717) is 12.0 Å². The highest BCUT2D eigenvalue weighted by Crippen LogP contribution is 2.23. The number of nitrogens with two attached hydrogens (primary N) is 1. The molecule has 0 spiro atoms. The second-order valence-electron chi connectivity index (χ2n) is 3.93. The van der Waals surface area contributed by atoms with Gasteiger partial charge in [0.2, 0.25) is 0 Å². The number of hydrogen-bond acceptors (Lipinski definition) is 1. The van der Waals surface area contributed by atoms with Gasteiger partial charge in [0.15, 0.2) is 0 Å². The fourth-order valence-corrected chi connectivity index (χ4v) is 1.75. The van der Waals surface area contributed by atoms with Crippen molar-refractivity contribution < 1.29 is 0 Å². The first-order valence-corrected chi connectivity index (χ1v) is 4.63. The molecular formula is C10H19N. The van der Waals surface area contributed by atoms with Gasteiger partial charge < -0.3 is 5.73 Å². The Morgan fingerprint density at radius 2 is 2.27 bits per heavy atom. The number of rotatable bonds is 1. The van der Waals surface area contributed by atoms with Gasteiger partial charge in [-0.15, -0.1) is 0 Å². The summed E-state index contributed by atoms with van der Waals surface area (Å²) in [7, 11) is 0. The maximum absolute atomic E-state index is 5.86. The Balaban J connectivity index is 2.45. The van der Waals surface area contributed by atoms with Crippen LogP contribution in [0.5, 0.6) is 0 Å². The monoisotopic (exact) mass is 153 g/mol. The number of allylic oxidation sites excluding steroid dienone is 1. The average Bonchev–Trinajstić information content (AvgIpc) is 1.85. The molecule has 0 saturated heterocycles. The van der Waals surface area contributed by atoms with Crippen LogP contribution in [0.25, 0.3) is 0 Å². The second-order valence-corrected chi connectivity index (χ2v) is 3.93. The first kappa shape index (κ1) is 8.79. The van der Waals surface area contributed by atoms with E-state index >= 15 is 0 Å². The second kappa shape index (κ2) is 3.91. The lowest BCUT2D eigenvalue weighted by Gasteiger charge is -2.20. The Morgan fingerprint density at radius 1 is 1.55 bits per heavy atom. The Morgan fingerprint density at radius 3 is 2.82 bits per heavy atom. The van der Waals surface area contributed by atoms with E-state index < -0.39 is 0 Å². The topological polar surface area (TPSA) is 26.0 Å². The van der Waals surface area contributed by atoms with Crippen LogP contribution in [0.15, 0.2) is 11.6 Å². The van der Waals surface area contributed by atoms with E-state index in [2.05, 4.69) is 19.9 Å². The Kier molecular flexibility index (Phi) is 3.13. The maximum atomic E-state index is 5.86. The van der Waals surface area contributed by atoms with Crippen LogP contribution in [-0.4, -0.2) is 6.04 Å². The van der Waals surface area contributed by atoms with E-state index in [1.165, 1.54) is 19.3 Å². The molecule has 0 aromatic heterocycles. The van der Waals surface area contributed by atoms with Gasteiger partial charge in [0.05, 0.1) is 0 Å².